The molecule has 1 saturated carbocycles. The first-order chi connectivity index (χ1) is 6.16. The lowest BCUT2D eigenvalue weighted by Gasteiger charge is -1.85. The number of carbonyl (C=O) groups is 2. The van der Waals surface area contributed by atoms with Crippen LogP contribution in [0.3, 0.4) is 0 Å². The fourth-order valence-corrected chi connectivity index (χ4v) is 1.10. The van der Waals surface area contributed by atoms with Crippen LogP contribution in [-0.4, -0.2) is 16.9 Å². The Labute approximate surface area is 79.1 Å². The van der Waals surface area contributed by atoms with Crippen LogP contribution < -0.4 is 0 Å². The van der Waals surface area contributed by atoms with Gasteiger partial charge in [0.15, 0.2) is 0 Å². The summed E-state index contributed by atoms with van der Waals surface area (Å²) < 4.78 is 0. The summed E-state index contributed by atoms with van der Waals surface area (Å²) in [5.74, 6) is -0.239. The van der Waals surface area contributed by atoms with Gasteiger partial charge in [0.2, 0.25) is 0 Å². The van der Waals surface area contributed by atoms with Crippen molar-refractivity contribution in [3.63, 3.8) is 0 Å². The first-order valence-corrected chi connectivity index (χ1v) is 4.90. The second-order valence-corrected chi connectivity index (χ2v) is 3.24. The van der Waals surface area contributed by atoms with Crippen molar-refractivity contribution < 1.29 is 14.7 Å². The summed E-state index contributed by atoms with van der Waals surface area (Å²) >= 11 is 0. The van der Waals surface area contributed by atoms with Gasteiger partial charge in [0.05, 0.1) is 0 Å². The Balaban J connectivity index is 0.000000223. The SMILES string of the molecule is CCCCC(=O)O.O=C1CCCC1. The minimum atomic E-state index is -0.693. The van der Waals surface area contributed by atoms with Crippen LogP contribution >= 0.6 is 0 Å². The first-order valence-electron chi connectivity index (χ1n) is 4.90. The third-order valence-electron chi connectivity index (χ3n) is 1.91. The summed E-state index contributed by atoms with van der Waals surface area (Å²) in [5.41, 5.74) is 0. The average Bonchev–Trinajstić information content (AvgIpc) is 2.53. The van der Waals surface area contributed by atoms with E-state index in [0.717, 1.165) is 38.5 Å². The van der Waals surface area contributed by atoms with E-state index in [1.807, 2.05) is 6.92 Å². The monoisotopic (exact) mass is 186 g/mol. The largest absolute Gasteiger partial charge is 0.481 e. The molecular formula is C10H18O3. The molecule has 0 heterocycles. The third-order valence-corrected chi connectivity index (χ3v) is 1.91. The van der Waals surface area contributed by atoms with Crippen molar-refractivity contribution in [3.05, 3.63) is 0 Å². The maximum atomic E-state index is 10.2. The van der Waals surface area contributed by atoms with E-state index in [9.17, 15) is 9.59 Å². The van der Waals surface area contributed by atoms with Gasteiger partial charge < -0.3 is 5.11 Å². The summed E-state index contributed by atoms with van der Waals surface area (Å²) in [4.78, 5) is 20.0. The summed E-state index contributed by atoms with van der Waals surface area (Å²) in [7, 11) is 0. The molecule has 1 aliphatic rings. The fraction of sp³-hybridized carbons (Fsp3) is 0.800. The van der Waals surface area contributed by atoms with E-state index >= 15 is 0 Å². The Hall–Kier alpha value is -0.860. The number of rotatable bonds is 3. The second kappa shape index (κ2) is 7.77. The summed E-state index contributed by atoms with van der Waals surface area (Å²) in [6.45, 7) is 1.98. The molecule has 1 aliphatic carbocycles. The van der Waals surface area contributed by atoms with Gasteiger partial charge in [-0.15, -0.1) is 0 Å². The van der Waals surface area contributed by atoms with Crippen LogP contribution in [0.25, 0.3) is 0 Å². The lowest BCUT2D eigenvalue weighted by Crippen LogP contribution is -1.91. The topological polar surface area (TPSA) is 54.4 Å². The smallest absolute Gasteiger partial charge is 0.303 e. The normalized spacial score (nSPS) is 15.0. The van der Waals surface area contributed by atoms with Crippen LogP contribution in [0.1, 0.15) is 51.9 Å². The zero-order valence-corrected chi connectivity index (χ0v) is 8.21. The zero-order chi connectivity index (χ0) is 10.1. The van der Waals surface area contributed by atoms with E-state index in [1.165, 1.54) is 0 Å². The molecule has 1 fully saturated rings. The first kappa shape index (κ1) is 12.1. The predicted octanol–water partition coefficient (Wildman–Crippen LogP) is 2.39. The molecular weight excluding hydrogens is 168 g/mol. The number of carbonyl (C=O) groups excluding carboxylic acids is 1. The van der Waals surface area contributed by atoms with Crippen LogP contribution in [0.5, 0.6) is 0 Å². The van der Waals surface area contributed by atoms with Crippen LogP contribution in [0.4, 0.5) is 0 Å². The minimum Gasteiger partial charge on any atom is -0.481 e. The van der Waals surface area contributed by atoms with Crippen LogP contribution in [0.2, 0.25) is 0 Å². The number of Topliss-reactive ketones (excluding diaryl/α,β-unsaturated/α-hetero) is 1. The Morgan fingerprint density at radius 3 is 2.08 bits per heavy atom. The predicted molar refractivity (Wildman–Crippen MR) is 50.6 cm³/mol. The number of ketones is 1. The van der Waals surface area contributed by atoms with Gasteiger partial charge in [-0.3, -0.25) is 9.59 Å². The summed E-state index contributed by atoms with van der Waals surface area (Å²) in [5, 5.41) is 8.04. The number of aliphatic carboxylic acids is 1. The molecule has 0 aliphatic heterocycles. The maximum absolute atomic E-state index is 10.2. The highest BCUT2D eigenvalue weighted by Gasteiger charge is 2.07. The molecule has 0 spiro atoms. The molecule has 13 heavy (non-hydrogen) atoms. The maximum Gasteiger partial charge on any atom is 0.303 e. The van der Waals surface area contributed by atoms with Crippen molar-refractivity contribution in [2.45, 2.75) is 51.9 Å². The van der Waals surface area contributed by atoms with Crippen molar-refractivity contribution in [1.29, 1.82) is 0 Å². The molecule has 3 heteroatoms. The van der Waals surface area contributed by atoms with Crippen molar-refractivity contribution in [1.82, 2.24) is 0 Å². The van der Waals surface area contributed by atoms with Gasteiger partial charge in [0, 0.05) is 19.3 Å². The molecule has 76 valence electrons. The molecule has 0 aromatic heterocycles. The van der Waals surface area contributed by atoms with Crippen LogP contribution in [-0.2, 0) is 9.59 Å². The minimum absolute atomic E-state index is 0.316. The standard InChI is InChI=1S/C5H10O2.C5H8O/c1-2-3-4-5(6)7;6-5-3-1-2-4-5/h2-4H2,1H3,(H,6,7);1-4H2. The molecule has 0 amide bonds. The molecule has 3 nitrogen and oxygen atoms in total. The van der Waals surface area contributed by atoms with E-state index in [1.54, 1.807) is 0 Å². The molecule has 0 unspecified atom stereocenters. The molecule has 0 aromatic rings. The molecule has 0 bridgehead atoms. The summed E-state index contributed by atoms with van der Waals surface area (Å²) in [6, 6.07) is 0. The van der Waals surface area contributed by atoms with Gasteiger partial charge >= 0.3 is 5.97 Å². The lowest BCUT2D eigenvalue weighted by atomic mass is 10.3. The number of hydrogen-bond donors (Lipinski definition) is 1. The Bertz CT molecular complexity index is 156. The van der Waals surface area contributed by atoms with Gasteiger partial charge in [-0.2, -0.15) is 0 Å². The van der Waals surface area contributed by atoms with E-state index in [0.29, 0.717) is 12.2 Å². The molecule has 0 aromatic carbocycles. The third kappa shape index (κ3) is 9.05. The number of hydrogen-bond acceptors (Lipinski definition) is 2. The van der Waals surface area contributed by atoms with E-state index in [2.05, 4.69) is 0 Å². The van der Waals surface area contributed by atoms with Gasteiger partial charge in [0.25, 0.3) is 0 Å². The average molecular weight is 186 g/mol. The van der Waals surface area contributed by atoms with Crippen molar-refractivity contribution in [3.8, 4) is 0 Å². The number of carboxylic acid groups (broad SMARTS) is 1. The Morgan fingerprint density at radius 2 is 1.92 bits per heavy atom. The van der Waals surface area contributed by atoms with Crippen molar-refractivity contribution in [2.24, 2.45) is 0 Å². The summed E-state index contributed by atoms with van der Waals surface area (Å²) in [6.07, 6.45) is 6.05. The lowest BCUT2D eigenvalue weighted by molar-refractivity contribution is -0.137. The number of carboxylic acids is 1. The second-order valence-electron chi connectivity index (χ2n) is 3.24. The van der Waals surface area contributed by atoms with Crippen LogP contribution in [0.15, 0.2) is 0 Å². The van der Waals surface area contributed by atoms with Crippen molar-refractivity contribution >= 4 is 11.8 Å². The molecule has 1 rings (SSSR count). The fourth-order valence-electron chi connectivity index (χ4n) is 1.10. The van der Waals surface area contributed by atoms with Gasteiger partial charge in [-0.1, -0.05) is 13.3 Å². The van der Waals surface area contributed by atoms with E-state index in [4.69, 9.17) is 5.11 Å². The Kier molecular flexibility index (Phi) is 7.26. The van der Waals surface area contributed by atoms with Gasteiger partial charge in [-0.25, -0.2) is 0 Å². The Morgan fingerprint density at radius 1 is 1.38 bits per heavy atom. The van der Waals surface area contributed by atoms with Crippen molar-refractivity contribution in [2.75, 3.05) is 0 Å². The zero-order valence-electron chi connectivity index (χ0n) is 8.21. The van der Waals surface area contributed by atoms with Crippen LogP contribution in [0, 0.1) is 0 Å². The highest BCUT2D eigenvalue weighted by molar-refractivity contribution is 5.80. The molecule has 1 N–H and O–H groups in total. The molecule has 0 saturated heterocycles. The van der Waals surface area contributed by atoms with Gasteiger partial charge in [-0.05, 0) is 19.3 Å². The molecule has 0 radical (unpaired) electrons. The highest BCUT2D eigenvalue weighted by Crippen LogP contribution is 2.11. The molecule has 0 atom stereocenters. The number of unbranched alkanes of at least 4 members (excludes halogenated alkanes) is 1. The van der Waals surface area contributed by atoms with E-state index < -0.39 is 5.97 Å². The highest BCUT2D eigenvalue weighted by atomic mass is 16.4. The van der Waals surface area contributed by atoms with E-state index in [-0.39, 0.29) is 0 Å². The van der Waals surface area contributed by atoms with Gasteiger partial charge in [0.1, 0.15) is 5.78 Å². The quantitative estimate of drug-likeness (QED) is 0.736.